The number of hydrogen-bond donors (Lipinski definition) is 0. The predicted octanol–water partition coefficient (Wildman–Crippen LogP) is 4.76. The van der Waals surface area contributed by atoms with E-state index in [1.54, 1.807) is 47.5 Å². The van der Waals surface area contributed by atoms with Crippen molar-refractivity contribution in [1.82, 2.24) is 19.7 Å². The number of sulfone groups is 1. The minimum absolute atomic E-state index is 0.162. The molecule has 0 spiro atoms. The number of hydrogen-bond acceptors (Lipinski definition) is 7. The van der Waals surface area contributed by atoms with Crippen LogP contribution in [-0.2, 0) is 9.84 Å². The van der Waals surface area contributed by atoms with Crippen molar-refractivity contribution in [2.24, 2.45) is 0 Å². The molecule has 2 aromatic carbocycles. The summed E-state index contributed by atoms with van der Waals surface area (Å²) in [6, 6.07) is 16.0. The van der Waals surface area contributed by atoms with Gasteiger partial charge in [-0.3, -0.25) is 9.80 Å². The maximum absolute atomic E-state index is 13.7. The second-order valence-corrected chi connectivity index (χ2v) is 11.8. The Kier molecular flexibility index (Phi) is 6.85. The molecule has 0 radical (unpaired) electrons. The van der Waals surface area contributed by atoms with E-state index in [0.29, 0.717) is 41.9 Å². The summed E-state index contributed by atoms with van der Waals surface area (Å²) in [5, 5.41) is 8.26. The van der Waals surface area contributed by atoms with Crippen LogP contribution in [0.2, 0.25) is 0 Å². The van der Waals surface area contributed by atoms with Crippen LogP contribution in [0.3, 0.4) is 0 Å². The Hall–Kier alpha value is -4.25. The normalized spacial score (nSPS) is 13.9. The number of amides is 2. The first-order valence-electron chi connectivity index (χ1n) is 12.5. The van der Waals surface area contributed by atoms with Gasteiger partial charge in [0.1, 0.15) is 23.6 Å². The van der Waals surface area contributed by atoms with Crippen LogP contribution >= 0.6 is 0 Å². The molecule has 0 bridgehead atoms. The number of carbonyl (C=O) groups excluding carboxylic acids is 1. The molecule has 1 fully saturated rings. The summed E-state index contributed by atoms with van der Waals surface area (Å²) in [4.78, 5) is 22.0. The summed E-state index contributed by atoms with van der Waals surface area (Å²) in [5.74, 6) is 1.74. The standard InChI is InChI=1S/C28H30N6O4S/c1-18(2)34-17-29-31-27(34)23-7-6-8-26(30-23)33-14-13-32(28(33)35)24-16-22(19(3)15-25(24)38-4)20-9-11-21(12-10-20)39(5,36)37/h6-12,15-18H,13-14H2,1-5H3. The Morgan fingerprint density at radius 1 is 1.00 bits per heavy atom. The van der Waals surface area contributed by atoms with Gasteiger partial charge in [0.25, 0.3) is 0 Å². The topological polar surface area (TPSA) is 111 Å². The Balaban J connectivity index is 1.48. The number of nitrogens with zero attached hydrogens (tertiary/aromatic N) is 6. The van der Waals surface area contributed by atoms with Crippen molar-refractivity contribution in [2.75, 3.05) is 36.3 Å². The highest BCUT2D eigenvalue weighted by Crippen LogP contribution is 2.38. The monoisotopic (exact) mass is 546 g/mol. The molecule has 0 atom stereocenters. The SMILES string of the molecule is COc1cc(C)c(-c2ccc(S(C)(=O)=O)cc2)cc1N1CCN(c2cccc(-c3nncn3C(C)C)n2)C1=O. The largest absolute Gasteiger partial charge is 0.495 e. The first-order chi connectivity index (χ1) is 18.6. The van der Waals surface area contributed by atoms with Crippen LogP contribution in [0, 0.1) is 6.92 Å². The maximum atomic E-state index is 13.7. The van der Waals surface area contributed by atoms with E-state index in [1.807, 2.05) is 55.7 Å². The van der Waals surface area contributed by atoms with Crippen LogP contribution in [-0.4, -0.2) is 60.7 Å². The lowest BCUT2D eigenvalue weighted by atomic mass is 9.99. The van der Waals surface area contributed by atoms with Crippen LogP contribution in [0.15, 0.2) is 65.8 Å². The molecule has 0 saturated carbocycles. The molecule has 3 heterocycles. The third-order valence-corrected chi connectivity index (χ3v) is 7.92. The van der Waals surface area contributed by atoms with E-state index in [1.165, 1.54) is 6.26 Å². The van der Waals surface area contributed by atoms with Crippen molar-refractivity contribution in [3.05, 3.63) is 66.5 Å². The molecule has 2 aromatic heterocycles. The molecule has 1 saturated heterocycles. The van der Waals surface area contributed by atoms with Gasteiger partial charge in [-0.1, -0.05) is 18.2 Å². The lowest BCUT2D eigenvalue weighted by molar-refractivity contribution is 0.255. The van der Waals surface area contributed by atoms with Gasteiger partial charge in [0.15, 0.2) is 15.7 Å². The van der Waals surface area contributed by atoms with E-state index >= 15 is 0 Å². The maximum Gasteiger partial charge on any atom is 0.330 e. The zero-order chi connectivity index (χ0) is 27.9. The van der Waals surface area contributed by atoms with Crippen LogP contribution in [0.1, 0.15) is 25.5 Å². The molecule has 1 aliphatic rings. The molecular formula is C28H30N6O4S. The van der Waals surface area contributed by atoms with Gasteiger partial charge in [0.05, 0.1) is 17.7 Å². The lowest BCUT2D eigenvalue weighted by Crippen LogP contribution is -2.32. The lowest BCUT2D eigenvalue weighted by Gasteiger charge is -2.22. The van der Waals surface area contributed by atoms with Crippen molar-refractivity contribution in [2.45, 2.75) is 31.7 Å². The summed E-state index contributed by atoms with van der Waals surface area (Å²) in [6.07, 6.45) is 2.86. The number of benzene rings is 2. The number of ether oxygens (including phenoxy) is 1. The smallest absolute Gasteiger partial charge is 0.330 e. The number of rotatable bonds is 7. The first kappa shape index (κ1) is 26.4. The molecule has 2 amide bonds. The van der Waals surface area contributed by atoms with Gasteiger partial charge in [-0.25, -0.2) is 18.2 Å². The highest BCUT2D eigenvalue weighted by atomic mass is 32.2. The fourth-order valence-electron chi connectivity index (χ4n) is 4.71. The van der Waals surface area contributed by atoms with E-state index in [4.69, 9.17) is 9.72 Å². The number of anilines is 2. The molecule has 5 rings (SSSR count). The van der Waals surface area contributed by atoms with Gasteiger partial charge in [-0.2, -0.15) is 0 Å². The third-order valence-electron chi connectivity index (χ3n) is 6.79. The number of urea groups is 1. The van der Waals surface area contributed by atoms with E-state index in [-0.39, 0.29) is 17.0 Å². The third kappa shape index (κ3) is 4.97. The van der Waals surface area contributed by atoms with Crippen LogP contribution in [0.5, 0.6) is 5.75 Å². The molecular weight excluding hydrogens is 516 g/mol. The summed E-state index contributed by atoms with van der Waals surface area (Å²) < 4.78 is 31.4. The van der Waals surface area contributed by atoms with E-state index in [0.717, 1.165) is 16.7 Å². The molecule has 1 aliphatic heterocycles. The minimum Gasteiger partial charge on any atom is -0.495 e. The molecule has 10 nitrogen and oxygen atoms in total. The fraction of sp³-hybridized carbons (Fsp3) is 0.286. The summed E-state index contributed by atoms with van der Waals surface area (Å²) >= 11 is 0. The van der Waals surface area contributed by atoms with E-state index < -0.39 is 9.84 Å². The van der Waals surface area contributed by atoms with Crippen molar-refractivity contribution >= 4 is 27.4 Å². The highest BCUT2D eigenvalue weighted by molar-refractivity contribution is 7.90. The van der Waals surface area contributed by atoms with Gasteiger partial charge in [-0.15, -0.1) is 10.2 Å². The number of aryl methyl sites for hydroxylation is 1. The second-order valence-electron chi connectivity index (χ2n) is 9.76. The van der Waals surface area contributed by atoms with Gasteiger partial charge in [-0.05, 0) is 73.9 Å². The van der Waals surface area contributed by atoms with Crippen molar-refractivity contribution in [3.8, 4) is 28.4 Å². The Labute approximate surface area is 227 Å². The van der Waals surface area contributed by atoms with Crippen molar-refractivity contribution in [3.63, 3.8) is 0 Å². The second kappa shape index (κ2) is 10.1. The number of carbonyl (C=O) groups is 1. The quantitative estimate of drug-likeness (QED) is 0.329. The molecule has 39 heavy (non-hydrogen) atoms. The molecule has 0 N–H and O–H groups in total. The van der Waals surface area contributed by atoms with E-state index in [2.05, 4.69) is 10.2 Å². The molecule has 202 valence electrons. The molecule has 0 unspecified atom stereocenters. The molecule has 11 heteroatoms. The van der Waals surface area contributed by atoms with Gasteiger partial charge < -0.3 is 9.30 Å². The average molecular weight is 547 g/mol. The van der Waals surface area contributed by atoms with Crippen LogP contribution in [0.4, 0.5) is 16.3 Å². The van der Waals surface area contributed by atoms with Crippen molar-refractivity contribution < 1.29 is 17.9 Å². The summed E-state index contributed by atoms with van der Waals surface area (Å²) in [7, 11) is -1.72. The summed E-state index contributed by atoms with van der Waals surface area (Å²) in [6.45, 7) is 6.93. The van der Waals surface area contributed by atoms with Crippen molar-refractivity contribution in [1.29, 1.82) is 0 Å². The van der Waals surface area contributed by atoms with Crippen LogP contribution < -0.4 is 14.5 Å². The Morgan fingerprint density at radius 2 is 1.72 bits per heavy atom. The minimum atomic E-state index is -3.30. The van der Waals surface area contributed by atoms with Gasteiger partial charge in [0, 0.05) is 25.4 Å². The number of pyridine rings is 1. The van der Waals surface area contributed by atoms with E-state index in [9.17, 15) is 13.2 Å². The first-order valence-corrected chi connectivity index (χ1v) is 14.4. The number of methoxy groups -OCH3 is 1. The Morgan fingerprint density at radius 3 is 2.38 bits per heavy atom. The number of aromatic nitrogens is 4. The van der Waals surface area contributed by atoms with Gasteiger partial charge >= 0.3 is 6.03 Å². The molecule has 0 aliphatic carbocycles. The average Bonchev–Trinajstić information content (AvgIpc) is 3.55. The fourth-order valence-corrected chi connectivity index (χ4v) is 5.34. The van der Waals surface area contributed by atoms with Crippen LogP contribution in [0.25, 0.3) is 22.6 Å². The zero-order valence-corrected chi connectivity index (χ0v) is 23.3. The zero-order valence-electron chi connectivity index (χ0n) is 22.5. The molecule has 4 aromatic rings. The predicted molar refractivity (Wildman–Crippen MR) is 150 cm³/mol. The Bertz CT molecular complexity index is 1650. The van der Waals surface area contributed by atoms with Gasteiger partial charge in [0.2, 0.25) is 0 Å². The highest BCUT2D eigenvalue weighted by Gasteiger charge is 2.34. The summed E-state index contributed by atoms with van der Waals surface area (Å²) in [5.41, 5.74) is 3.93.